The number of likely N-dealkylation sites (tertiary alicyclic amines) is 1. The summed E-state index contributed by atoms with van der Waals surface area (Å²) in [5, 5.41) is 0. The molecule has 6 nitrogen and oxygen atoms in total. The van der Waals surface area contributed by atoms with E-state index in [0.717, 1.165) is 75.3 Å². The molecule has 3 heterocycles. The van der Waals surface area contributed by atoms with Crippen LogP contribution in [-0.2, 0) is 6.54 Å². The summed E-state index contributed by atoms with van der Waals surface area (Å²) in [5.41, 5.74) is 4.20. The van der Waals surface area contributed by atoms with E-state index in [9.17, 15) is 4.79 Å². The van der Waals surface area contributed by atoms with Crippen LogP contribution in [0.4, 0.5) is 0 Å². The standard InChI is InChI=1S/C25H31N5O/c1-27-12-14-28(15-13-27)17-20-6-4-7-21(16-20)25(31)29-11-5-8-22(18-29)30-19-26-23-9-2-3-10-24(23)30/h2-4,6-7,9-10,16,19,22H,5,8,11-15,17-18H2,1H3. The van der Waals surface area contributed by atoms with Gasteiger partial charge in [0, 0.05) is 51.4 Å². The van der Waals surface area contributed by atoms with Gasteiger partial charge in [0.15, 0.2) is 0 Å². The van der Waals surface area contributed by atoms with Crippen LogP contribution in [-0.4, -0.2) is 76.5 Å². The summed E-state index contributed by atoms with van der Waals surface area (Å²) in [5.74, 6) is 0.148. The van der Waals surface area contributed by atoms with E-state index < -0.39 is 0 Å². The second-order valence-electron chi connectivity index (χ2n) is 8.97. The zero-order chi connectivity index (χ0) is 21.2. The topological polar surface area (TPSA) is 44.6 Å². The lowest BCUT2D eigenvalue weighted by molar-refractivity contribution is 0.0681. The number of hydrogen-bond donors (Lipinski definition) is 0. The fraction of sp³-hybridized carbons (Fsp3) is 0.440. The molecule has 31 heavy (non-hydrogen) atoms. The van der Waals surface area contributed by atoms with Crippen LogP contribution in [0.1, 0.15) is 34.8 Å². The van der Waals surface area contributed by atoms with Crippen molar-refractivity contribution in [3.8, 4) is 0 Å². The first-order valence-electron chi connectivity index (χ1n) is 11.4. The predicted molar refractivity (Wildman–Crippen MR) is 123 cm³/mol. The number of rotatable bonds is 4. The summed E-state index contributed by atoms with van der Waals surface area (Å²) >= 11 is 0. The third-order valence-corrected chi connectivity index (χ3v) is 6.73. The zero-order valence-corrected chi connectivity index (χ0v) is 18.3. The van der Waals surface area contributed by atoms with E-state index in [1.807, 2.05) is 35.5 Å². The molecule has 162 valence electrons. The minimum Gasteiger partial charge on any atom is -0.337 e. The van der Waals surface area contributed by atoms with Gasteiger partial charge in [0.05, 0.1) is 23.4 Å². The van der Waals surface area contributed by atoms with Crippen molar-refractivity contribution in [1.82, 2.24) is 24.3 Å². The first kappa shape index (κ1) is 20.2. The van der Waals surface area contributed by atoms with Gasteiger partial charge in [0.2, 0.25) is 0 Å². The zero-order valence-electron chi connectivity index (χ0n) is 18.3. The minimum atomic E-state index is 0.148. The molecule has 2 aliphatic rings. The Morgan fingerprint density at radius 2 is 1.87 bits per heavy atom. The van der Waals surface area contributed by atoms with E-state index in [1.54, 1.807) is 0 Å². The number of piperidine rings is 1. The second-order valence-corrected chi connectivity index (χ2v) is 8.97. The van der Waals surface area contributed by atoms with Crippen LogP contribution in [0.2, 0.25) is 0 Å². The van der Waals surface area contributed by atoms with Gasteiger partial charge in [-0.3, -0.25) is 9.69 Å². The van der Waals surface area contributed by atoms with Gasteiger partial charge in [-0.1, -0.05) is 24.3 Å². The molecule has 3 aromatic rings. The number of amides is 1. The van der Waals surface area contributed by atoms with Crippen molar-refractivity contribution in [2.24, 2.45) is 0 Å². The summed E-state index contributed by atoms with van der Waals surface area (Å²) in [6.45, 7) is 6.86. The molecule has 0 radical (unpaired) electrons. The van der Waals surface area contributed by atoms with Crippen LogP contribution in [0, 0.1) is 0 Å². The number of hydrogen-bond acceptors (Lipinski definition) is 4. The van der Waals surface area contributed by atoms with Gasteiger partial charge in [0.25, 0.3) is 5.91 Å². The number of nitrogens with zero attached hydrogens (tertiary/aromatic N) is 5. The fourth-order valence-corrected chi connectivity index (χ4v) is 4.88. The number of carbonyl (C=O) groups is 1. The van der Waals surface area contributed by atoms with Crippen molar-refractivity contribution in [3.63, 3.8) is 0 Å². The highest BCUT2D eigenvalue weighted by Crippen LogP contribution is 2.26. The van der Waals surface area contributed by atoms with Gasteiger partial charge in [-0.2, -0.15) is 0 Å². The van der Waals surface area contributed by atoms with Gasteiger partial charge in [-0.25, -0.2) is 4.98 Å². The molecule has 2 fully saturated rings. The summed E-state index contributed by atoms with van der Waals surface area (Å²) in [6, 6.07) is 16.7. The Morgan fingerprint density at radius 3 is 2.74 bits per heavy atom. The molecule has 2 saturated heterocycles. The lowest BCUT2D eigenvalue weighted by Gasteiger charge is -2.34. The van der Waals surface area contributed by atoms with E-state index in [0.29, 0.717) is 0 Å². The normalized spacial score (nSPS) is 20.9. The average Bonchev–Trinajstić information content (AvgIpc) is 3.25. The van der Waals surface area contributed by atoms with Crippen molar-refractivity contribution in [2.45, 2.75) is 25.4 Å². The fourth-order valence-electron chi connectivity index (χ4n) is 4.88. The molecule has 5 rings (SSSR count). The number of likely N-dealkylation sites (N-methyl/N-ethyl adjacent to an activating group) is 1. The lowest BCUT2D eigenvalue weighted by atomic mass is 10.0. The average molecular weight is 418 g/mol. The first-order valence-corrected chi connectivity index (χ1v) is 11.4. The van der Waals surface area contributed by atoms with Gasteiger partial charge in [-0.15, -0.1) is 0 Å². The minimum absolute atomic E-state index is 0.148. The summed E-state index contributed by atoms with van der Waals surface area (Å²) < 4.78 is 2.25. The Balaban J connectivity index is 1.28. The van der Waals surface area contributed by atoms with Crippen LogP contribution < -0.4 is 0 Å². The number of imidazole rings is 1. The van der Waals surface area contributed by atoms with Crippen LogP contribution in [0.25, 0.3) is 11.0 Å². The van der Waals surface area contributed by atoms with Crippen molar-refractivity contribution in [1.29, 1.82) is 0 Å². The Morgan fingerprint density at radius 1 is 1.03 bits per heavy atom. The SMILES string of the molecule is CN1CCN(Cc2cccc(C(=O)N3CCCC(n4cnc5ccccc54)C3)c2)CC1. The highest BCUT2D eigenvalue weighted by molar-refractivity contribution is 5.94. The number of benzene rings is 2. The molecule has 2 aliphatic heterocycles. The molecule has 6 heteroatoms. The van der Waals surface area contributed by atoms with Crippen molar-refractivity contribution in [3.05, 3.63) is 66.0 Å². The highest BCUT2D eigenvalue weighted by atomic mass is 16.2. The van der Waals surface area contributed by atoms with E-state index in [1.165, 1.54) is 5.56 Å². The maximum atomic E-state index is 13.3. The molecule has 1 unspecified atom stereocenters. The maximum absolute atomic E-state index is 13.3. The number of carbonyl (C=O) groups excluding carboxylic acids is 1. The van der Waals surface area contributed by atoms with Gasteiger partial charge < -0.3 is 14.4 Å². The van der Waals surface area contributed by atoms with Crippen molar-refractivity contribution < 1.29 is 4.79 Å². The Kier molecular flexibility index (Phi) is 5.74. The van der Waals surface area contributed by atoms with Crippen LogP contribution in [0.5, 0.6) is 0 Å². The van der Waals surface area contributed by atoms with Gasteiger partial charge >= 0.3 is 0 Å². The summed E-state index contributed by atoms with van der Waals surface area (Å²) in [4.78, 5) is 24.8. The molecule has 1 amide bonds. The summed E-state index contributed by atoms with van der Waals surface area (Å²) in [6.07, 6.45) is 4.03. The molecular weight excluding hydrogens is 386 g/mol. The van der Waals surface area contributed by atoms with E-state index >= 15 is 0 Å². The van der Waals surface area contributed by atoms with Crippen molar-refractivity contribution >= 4 is 16.9 Å². The third-order valence-electron chi connectivity index (χ3n) is 6.73. The van der Waals surface area contributed by atoms with Gasteiger partial charge in [-0.05, 0) is 49.7 Å². The molecule has 2 aromatic carbocycles. The molecule has 0 N–H and O–H groups in total. The second kappa shape index (κ2) is 8.81. The molecule has 0 aliphatic carbocycles. The smallest absolute Gasteiger partial charge is 0.253 e. The predicted octanol–water partition coefficient (Wildman–Crippen LogP) is 3.26. The maximum Gasteiger partial charge on any atom is 0.253 e. The molecular formula is C25H31N5O. The molecule has 0 spiro atoms. The molecule has 0 bridgehead atoms. The Labute approximate surface area is 184 Å². The van der Waals surface area contributed by atoms with Crippen molar-refractivity contribution in [2.75, 3.05) is 46.3 Å². The van der Waals surface area contributed by atoms with Crippen LogP contribution >= 0.6 is 0 Å². The third kappa shape index (κ3) is 4.36. The molecule has 1 atom stereocenters. The number of piperazine rings is 1. The number of aromatic nitrogens is 2. The Bertz CT molecular complexity index is 1050. The largest absolute Gasteiger partial charge is 0.337 e. The lowest BCUT2D eigenvalue weighted by Crippen LogP contribution is -2.44. The van der Waals surface area contributed by atoms with E-state index in [2.05, 4.69) is 50.7 Å². The van der Waals surface area contributed by atoms with Crippen LogP contribution in [0.15, 0.2) is 54.9 Å². The number of para-hydroxylation sites is 2. The summed E-state index contributed by atoms with van der Waals surface area (Å²) in [7, 11) is 2.18. The Hall–Kier alpha value is -2.70. The quantitative estimate of drug-likeness (QED) is 0.654. The van der Waals surface area contributed by atoms with E-state index in [-0.39, 0.29) is 11.9 Å². The first-order chi connectivity index (χ1) is 15.2. The molecule has 1 aromatic heterocycles. The van der Waals surface area contributed by atoms with E-state index in [4.69, 9.17) is 0 Å². The van der Waals surface area contributed by atoms with Crippen LogP contribution in [0.3, 0.4) is 0 Å². The molecule has 0 saturated carbocycles. The monoisotopic (exact) mass is 417 g/mol. The van der Waals surface area contributed by atoms with Gasteiger partial charge in [0.1, 0.15) is 0 Å². The number of fused-ring (bicyclic) bond motifs is 1. The highest BCUT2D eigenvalue weighted by Gasteiger charge is 2.26.